The van der Waals surface area contributed by atoms with E-state index >= 15 is 0 Å². The molecule has 1 aromatic carbocycles. The van der Waals surface area contributed by atoms with Crippen LogP contribution in [-0.4, -0.2) is 24.1 Å². The summed E-state index contributed by atoms with van der Waals surface area (Å²) in [5.41, 5.74) is -0.0269. The number of hydrogen-bond acceptors (Lipinski definition) is 5. The van der Waals surface area contributed by atoms with Crippen LogP contribution in [0.3, 0.4) is 0 Å². The highest BCUT2D eigenvalue weighted by atomic mass is 35.5. The summed E-state index contributed by atoms with van der Waals surface area (Å²) in [4.78, 5) is 11.7. The van der Waals surface area contributed by atoms with Crippen LogP contribution in [0.5, 0.6) is 0 Å². The molecular weight excluding hydrogens is 465 g/mol. The van der Waals surface area contributed by atoms with Crippen molar-refractivity contribution in [2.45, 2.75) is 12.4 Å². The maximum Gasteiger partial charge on any atom is 0.422 e. The quantitative estimate of drug-likeness (QED) is 0.670. The number of rotatable bonds is 2. The number of hydrogen-bond donors (Lipinski definition) is 1. The molecule has 0 radical (unpaired) electrons. The molecule has 28 heavy (non-hydrogen) atoms. The molecule has 1 aromatic heterocycles. The van der Waals surface area contributed by atoms with Crippen molar-refractivity contribution >= 4 is 45.4 Å². The van der Waals surface area contributed by atoms with Gasteiger partial charge in [0.05, 0.1) is 15.6 Å². The van der Waals surface area contributed by atoms with Gasteiger partial charge in [0.25, 0.3) is 0 Å². The van der Waals surface area contributed by atoms with Crippen LogP contribution in [0.25, 0.3) is 5.69 Å². The lowest BCUT2D eigenvalue weighted by atomic mass is 10.2. The van der Waals surface area contributed by atoms with E-state index < -0.39 is 67.1 Å². The summed E-state index contributed by atoms with van der Waals surface area (Å²) in [6, 6.07) is 0.714. The smallest absolute Gasteiger partial charge is 0.383 e. The van der Waals surface area contributed by atoms with Gasteiger partial charge in [0.15, 0.2) is 5.69 Å². The summed E-state index contributed by atoms with van der Waals surface area (Å²) >= 11 is 11.4. The van der Waals surface area contributed by atoms with Crippen LogP contribution in [0.15, 0.2) is 16.5 Å². The van der Waals surface area contributed by atoms with Gasteiger partial charge in [0, 0.05) is 0 Å². The maximum atomic E-state index is 13.3. The van der Waals surface area contributed by atoms with Crippen LogP contribution in [0.4, 0.5) is 32.2 Å². The second-order valence-corrected chi connectivity index (χ2v) is 6.35. The van der Waals surface area contributed by atoms with E-state index in [0.29, 0.717) is 12.1 Å². The van der Waals surface area contributed by atoms with Gasteiger partial charge in [-0.2, -0.15) is 39.9 Å². The fraction of sp³-hybridized carbons (Fsp3) is 0.167. The van der Waals surface area contributed by atoms with Crippen molar-refractivity contribution in [2.24, 2.45) is 4.36 Å². The van der Waals surface area contributed by atoms with Gasteiger partial charge in [-0.15, -0.1) is 0 Å². The first-order valence-electron chi connectivity index (χ1n) is 6.52. The van der Waals surface area contributed by atoms with Crippen LogP contribution in [-0.2, 0) is 22.9 Å². The summed E-state index contributed by atoms with van der Waals surface area (Å²) in [6.07, 6.45) is -10.2. The van der Waals surface area contributed by atoms with Crippen LogP contribution in [0.1, 0.15) is 21.6 Å². The molecule has 1 amide bonds. The molecule has 2 aromatic rings. The Hall–Kier alpha value is -2.32. The van der Waals surface area contributed by atoms with E-state index in [9.17, 15) is 39.6 Å². The third-order valence-corrected chi connectivity index (χ3v) is 4.01. The molecule has 0 spiro atoms. The molecule has 0 atom stereocenters. The molecule has 7 nitrogen and oxygen atoms in total. The summed E-state index contributed by atoms with van der Waals surface area (Å²) in [6.45, 7) is 0. The number of carbonyl (C=O) groups is 1. The first-order valence-corrected chi connectivity index (χ1v) is 8.31. The highest BCUT2D eigenvalue weighted by Crippen LogP contribution is 2.41. The third-order valence-electron chi connectivity index (χ3n) is 3.12. The Morgan fingerprint density at radius 3 is 1.96 bits per heavy atom. The van der Waals surface area contributed by atoms with Crippen LogP contribution < -0.4 is 5.73 Å². The molecule has 0 bridgehead atoms. The van der Waals surface area contributed by atoms with Crippen molar-refractivity contribution in [2.75, 3.05) is 5.73 Å². The number of nitrogens with two attached hydrogens (primary N) is 1. The molecule has 2 rings (SSSR count). The first kappa shape index (κ1) is 22.0. The molecule has 16 heteroatoms. The minimum atomic E-state index is -5.29. The largest absolute Gasteiger partial charge is 0.422 e. The minimum Gasteiger partial charge on any atom is -0.383 e. The molecule has 0 saturated heterocycles. The zero-order valence-electron chi connectivity index (χ0n) is 12.7. The number of aromatic nitrogens is 2. The molecule has 152 valence electrons. The second-order valence-electron chi connectivity index (χ2n) is 4.92. The molecular formula is C12H4Cl2F6N4O3S. The van der Waals surface area contributed by atoms with Crippen molar-refractivity contribution < 1.29 is 39.6 Å². The normalized spacial score (nSPS) is 12.1. The Labute approximate surface area is 162 Å². The van der Waals surface area contributed by atoms with Crippen molar-refractivity contribution in [1.82, 2.24) is 9.78 Å². The summed E-state index contributed by atoms with van der Waals surface area (Å²) in [5.74, 6) is -3.18. The molecule has 2 N–H and O–H groups in total. The monoisotopic (exact) mass is 468 g/mol. The summed E-state index contributed by atoms with van der Waals surface area (Å²) in [7, 11) is -3.40. The van der Waals surface area contributed by atoms with Crippen molar-refractivity contribution in [3.8, 4) is 5.69 Å². The molecule has 0 unspecified atom stereocenters. The molecule has 0 saturated carbocycles. The Morgan fingerprint density at radius 1 is 1.07 bits per heavy atom. The maximum absolute atomic E-state index is 13.3. The van der Waals surface area contributed by atoms with Crippen molar-refractivity contribution in [3.05, 3.63) is 39.0 Å². The van der Waals surface area contributed by atoms with E-state index in [4.69, 9.17) is 28.9 Å². The van der Waals surface area contributed by atoms with E-state index in [1.165, 1.54) is 0 Å². The van der Waals surface area contributed by atoms with Crippen LogP contribution in [0, 0.1) is 0 Å². The Balaban J connectivity index is 2.84. The van der Waals surface area contributed by atoms with Crippen molar-refractivity contribution in [1.29, 1.82) is 0 Å². The molecule has 1 heterocycles. The molecule has 0 fully saturated rings. The lowest BCUT2D eigenvalue weighted by molar-refractivity contribution is -0.138. The molecule has 0 aliphatic heterocycles. The predicted molar refractivity (Wildman–Crippen MR) is 83.7 cm³/mol. The summed E-state index contributed by atoms with van der Waals surface area (Å²) < 4.78 is 102. The minimum absolute atomic E-state index is 0.171. The highest BCUT2D eigenvalue weighted by Gasteiger charge is 2.42. The Kier molecular flexibility index (Phi) is 5.69. The number of amides is 1. The number of halogens is 8. The number of carbonyl (C=O) groups excluding carboxylic acids is 1. The standard InChI is InChI=1S/C12H4Cl2F6N4O3S/c13-4-1-3(11(15,16)17)2-5(14)8(4)24-9(21)6(12(18,19)20)7(22-24)10(25)23-28(26)27/h1-2H,21H2. The number of alkyl halides is 6. The number of benzene rings is 1. The zero-order valence-corrected chi connectivity index (χ0v) is 15.1. The van der Waals surface area contributed by atoms with Gasteiger partial charge in [-0.25, -0.2) is 4.68 Å². The fourth-order valence-corrected chi connectivity index (χ4v) is 2.94. The number of nitrogens with zero attached hydrogens (tertiary/aromatic N) is 3. The Bertz CT molecular complexity index is 1080. The van der Waals surface area contributed by atoms with Crippen LogP contribution >= 0.6 is 23.2 Å². The van der Waals surface area contributed by atoms with Gasteiger partial charge >= 0.3 is 28.8 Å². The second kappa shape index (κ2) is 7.25. The number of anilines is 1. The van der Waals surface area contributed by atoms with E-state index in [1.807, 2.05) is 0 Å². The summed E-state index contributed by atoms with van der Waals surface area (Å²) in [5, 5.41) is 1.65. The Morgan fingerprint density at radius 2 is 1.57 bits per heavy atom. The fourth-order valence-electron chi connectivity index (χ4n) is 2.07. The van der Waals surface area contributed by atoms with Gasteiger partial charge in [-0.1, -0.05) is 27.6 Å². The SMILES string of the molecule is Nc1c(C(F)(F)F)c(C(=O)N=S(=O)=O)nn1-c1c(Cl)cc(C(F)(F)F)cc1Cl. The van der Waals surface area contributed by atoms with Gasteiger partial charge in [-0.3, -0.25) is 4.79 Å². The van der Waals surface area contributed by atoms with E-state index in [-0.39, 0.29) is 4.68 Å². The van der Waals surface area contributed by atoms with E-state index in [0.717, 1.165) is 0 Å². The predicted octanol–water partition coefficient (Wildman–Crippen LogP) is 4.00. The topological polar surface area (TPSA) is 107 Å². The lowest BCUT2D eigenvalue weighted by Crippen LogP contribution is -2.13. The van der Waals surface area contributed by atoms with Crippen molar-refractivity contribution in [3.63, 3.8) is 0 Å². The third kappa shape index (κ3) is 4.23. The zero-order chi connectivity index (χ0) is 21.6. The first-order chi connectivity index (χ1) is 12.6. The molecule has 0 aliphatic rings. The molecule has 0 aliphatic carbocycles. The van der Waals surface area contributed by atoms with Gasteiger partial charge in [-0.05, 0) is 12.1 Å². The average Bonchev–Trinajstić information content (AvgIpc) is 2.82. The van der Waals surface area contributed by atoms with Gasteiger partial charge in [0.2, 0.25) is 0 Å². The van der Waals surface area contributed by atoms with Gasteiger partial charge < -0.3 is 5.73 Å². The van der Waals surface area contributed by atoms with Gasteiger partial charge in [0.1, 0.15) is 17.1 Å². The average molecular weight is 469 g/mol. The lowest BCUT2D eigenvalue weighted by Gasteiger charge is -2.13. The number of nitrogen functional groups attached to an aromatic ring is 1. The van der Waals surface area contributed by atoms with E-state index in [1.54, 1.807) is 0 Å². The van der Waals surface area contributed by atoms with E-state index in [2.05, 4.69) is 9.46 Å². The van der Waals surface area contributed by atoms with Crippen LogP contribution in [0.2, 0.25) is 10.0 Å². The highest BCUT2D eigenvalue weighted by molar-refractivity contribution is 7.62.